The third kappa shape index (κ3) is 4.65. The number of allylic oxidation sites excluding steroid dienone is 4. The molecule has 0 saturated heterocycles. The van der Waals surface area contributed by atoms with Crippen LogP contribution in [0.4, 0.5) is 0 Å². The number of thiol groups is 1. The van der Waals surface area contributed by atoms with Crippen molar-refractivity contribution in [2.75, 3.05) is 5.75 Å². The molecule has 92 valence electrons. The molecule has 0 N–H and O–H groups in total. The summed E-state index contributed by atoms with van der Waals surface area (Å²) in [4.78, 5) is 0. The van der Waals surface area contributed by atoms with Crippen molar-refractivity contribution in [2.24, 2.45) is 5.41 Å². The molecule has 0 aromatic rings. The number of hydrogen-bond donors (Lipinski definition) is 1. The molecule has 0 aliphatic heterocycles. The minimum atomic E-state index is -0.0958. The lowest BCUT2D eigenvalue weighted by atomic mass is 9.79. The van der Waals surface area contributed by atoms with Crippen molar-refractivity contribution in [3.63, 3.8) is 0 Å². The van der Waals surface area contributed by atoms with E-state index in [-0.39, 0.29) is 11.0 Å². The SMILES string of the molecule is CC1(CCCS)C=CC=C(OC(C)(C)C)C1. The van der Waals surface area contributed by atoms with Gasteiger partial charge in [-0.2, -0.15) is 12.6 Å². The van der Waals surface area contributed by atoms with Crippen LogP contribution < -0.4 is 0 Å². The van der Waals surface area contributed by atoms with E-state index in [9.17, 15) is 0 Å². The van der Waals surface area contributed by atoms with Crippen molar-refractivity contribution in [2.45, 2.75) is 52.6 Å². The van der Waals surface area contributed by atoms with E-state index in [0.717, 1.165) is 24.4 Å². The molecule has 1 aliphatic carbocycles. The summed E-state index contributed by atoms with van der Waals surface area (Å²) in [6, 6.07) is 0. The van der Waals surface area contributed by atoms with Gasteiger partial charge in [0.15, 0.2) is 0 Å². The van der Waals surface area contributed by atoms with Crippen molar-refractivity contribution in [1.82, 2.24) is 0 Å². The average Bonchev–Trinajstić information content (AvgIpc) is 2.12. The maximum atomic E-state index is 5.94. The second-order valence-corrected chi connectivity index (χ2v) is 6.31. The van der Waals surface area contributed by atoms with E-state index in [1.54, 1.807) is 0 Å². The van der Waals surface area contributed by atoms with Crippen LogP contribution in [0.25, 0.3) is 0 Å². The van der Waals surface area contributed by atoms with E-state index in [1.807, 2.05) is 0 Å². The molecule has 0 spiro atoms. The zero-order chi connectivity index (χ0) is 12.2. The van der Waals surface area contributed by atoms with Crippen LogP contribution in [0, 0.1) is 5.41 Å². The molecule has 0 fully saturated rings. The first-order valence-corrected chi connectivity index (χ1v) is 6.66. The monoisotopic (exact) mass is 240 g/mol. The zero-order valence-corrected chi connectivity index (χ0v) is 11.8. The minimum Gasteiger partial charge on any atom is -0.492 e. The highest BCUT2D eigenvalue weighted by molar-refractivity contribution is 7.80. The largest absolute Gasteiger partial charge is 0.492 e. The third-order valence-electron chi connectivity index (χ3n) is 2.70. The van der Waals surface area contributed by atoms with Gasteiger partial charge in [-0.15, -0.1) is 0 Å². The number of rotatable bonds is 4. The fourth-order valence-electron chi connectivity index (χ4n) is 2.02. The minimum absolute atomic E-state index is 0.0958. The lowest BCUT2D eigenvalue weighted by molar-refractivity contribution is 0.0380. The molecule has 1 nitrogen and oxygen atoms in total. The lowest BCUT2D eigenvalue weighted by Crippen LogP contribution is -2.24. The molecular formula is C14H24OS. The van der Waals surface area contributed by atoms with Crippen molar-refractivity contribution in [1.29, 1.82) is 0 Å². The van der Waals surface area contributed by atoms with Gasteiger partial charge in [-0.1, -0.05) is 19.1 Å². The van der Waals surface area contributed by atoms with Crippen LogP contribution in [0.1, 0.15) is 47.0 Å². The number of hydrogen-bond acceptors (Lipinski definition) is 2. The van der Waals surface area contributed by atoms with Crippen LogP contribution in [-0.2, 0) is 4.74 Å². The Labute approximate surface area is 105 Å². The first-order valence-electron chi connectivity index (χ1n) is 6.03. The Morgan fingerprint density at radius 3 is 2.69 bits per heavy atom. The van der Waals surface area contributed by atoms with Crippen LogP contribution in [0.2, 0.25) is 0 Å². The molecule has 0 aromatic carbocycles. The summed E-state index contributed by atoms with van der Waals surface area (Å²) in [7, 11) is 0. The van der Waals surface area contributed by atoms with E-state index in [1.165, 1.54) is 6.42 Å². The summed E-state index contributed by atoms with van der Waals surface area (Å²) in [5.74, 6) is 2.07. The first kappa shape index (κ1) is 13.7. The van der Waals surface area contributed by atoms with Gasteiger partial charge in [0.05, 0.1) is 5.76 Å². The Hall–Kier alpha value is -0.370. The van der Waals surface area contributed by atoms with E-state index in [0.29, 0.717) is 0 Å². The average molecular weight is 240 g/mol. The Bertz CT molecular complexity index is 286. The quantitative estimate of drug-likeness (QED) is 0.718. The van der Waals surface area contributed by atoms with Crippen LogP contribution >= 0.6 is 12.6 Å². The Kier molecular flexibility index (Phi) is 4.54. The predicted octanol–water partition coefficient (Wildman–Crippen LogP) is 4.36. The summed E-state index contributed by atoms with van der Waals surface area (Å²) in [6.45, 7) is 8.58. The van der Waals surface area contributed by atoms with Gasteiger partial charge in [0.2, 0.25) is 0 Å². The molecule has 1 rings (SSSR count). The zero-order valence-electron chi connectivity index (χ0n) is 10.9. The first-order chi connectivity index (χ1) is 7.35. The Morgan fingerprint density at radius 1 is 1.44 bits per heavy atom. The van der Waals surface area contributed by atoms with Crippen molar-refractivity contribution in [3.8, 4) is 0 Å². The molecule has 0 heterocycles. The van der Waals surface area contributed by atoms with Crippen molar-refractivity contribution < 1.29 is 4.74 Å². The highest BCUT2D eigenvalue weighted by Crippen LogP contribution is 2.37. The van der Waals surface area contributed by atoms with E-state index in [4.69, 9.17) is 4.74 Å². The molecule has 1 unspecified atom stereocenters. The molecule has 0 amide bonds. The summed E-state index contributed by atoms with van der Waals surface area (Å²) in [6.07, 6.45) is 9.86. The summed E-state index contributed by atoms with van der Waals surface area (Å²) in [5, 5.41) is 0. The van der Waals surface area contributed by atoms with Crippen LogP contribution in [-0.4, -0.2) is 11.4 Å². The standard InChI is InChI=1S/C14H24OS/c1-13(2,3)15-12-7-5-8-14(4,11-12)9-6-10-16/h5,7-8,16H,6,9-11H2,1-4H3. The van der Waals surface area contributed by atoms with E-state index >= 15 is 0 Å². The summed E-state index contributed by atoms with van der Waals surface area (Å²) in [5.41, 5.74) is 0.152. The highest BCUT2D eigenvalue weighted by atomic mass is 32.1. The Morgan fingerprint density at radius 2 is 2.12 bits per heavy atom. The van der Waals surface area contributed by atoms with Gasteiger partial charge in [0, 0.05) is 6.42 Å². The predicted molar refractivity (Wildman–Crippen MR) is 73.9 cm³/mol. The van der Waals surface area contributed by atoms with Gasteiger partial charge in [-0.3, -0.25) is 0 Å². The molecule has 0 radical (unpaired) electrons. The normalized spacial score (nSPS) is 25.4. The lowest BCUT2D eigenvalue weighted by Gasteiger charge is -2.32. The third-order valence-corrected chi connectivity index (χ3v) is 3.02. The number of ether oxygens (including phenoxy) is 1. The van der Waals surface area contributed by atoms with Gasteiger partial charge < -0.3 is 4.74 Å². The van der Waals surface area contributed by atoms with Crippen molar-refractivity contribution >= 4 is 12.6 Å². The van der Waals surface area contributed by atoms with Gasteiger partial charge in [-0.25, -0.2) is 0 Å². The molecule has 1 aliphatic rings. The van der Waals surface area contributed by atoms with Crippen LogP contribution in [0.3, 0.4) is 0 Å². The second kappa shape index (κ2) is 5.31. The molecule has 0 saturated carbocycles. The van der Waals surface area contributed by atoms with E-state index in [2.05, 4.69) is 58.6 Å². The molecule has 1 atom stereocenters. The fraction of sp³-hybridized carbons (Fsp3) is 0.714. The maximum Gasteiger partial charge on any atom is 0.100 e. The topological polar surface area (TPSA) is 9.23 Å². The van der Waals surface area contributed by atoms with Gasteiger partial charge >= 0.3 is 0 Å². The highest BCUT2D eigenvalue weighted by Gasteiger charge is 2.26. The Balaban J connectivity index is 2.59. The molecule has 16 heavy (non-hydrogen) atoms. The van der Waals surface area contributed by atoms with Crippen LogP contribution in [0.5, 0.6) is 0 Å². The molecule has 2 heteroatoms. The summed E-state index contributed by atoms with van der Waals surface area (Å²) >= 11 is 4.28. The summed E-state index contributed by atoms with van der Waals surface area (Å²) < 4.78 is 5.94. The van der Waals surface area contributed by atoms with Crippen molar-refractivity contribution in [3.05, 3.63) is 24.0 Å². The van der Waals surface area contributed by atoms with Gasteiger partial charge in [-0.05, 0) is 50.9 Å². The molecule has 0 bridgehead atoms. The second-order valence-electron chi connectivity index (χ2n) is 5.86. The maximum absolute atomic E-state index is 5.94. The van der Waals surface area contributed by atoms with Gasteiger partial charge in [0.1, 0.15) is 5.60 Å². The van der Waals surface area contributed by atoms with Gasteiger partial charge in [0.25, 0.3) is 0 Å². The fourth-order valence-corrected chi connectivity index (χ4v) is 2.18. The van der Waals surface area contributed by atoms with E-state index < -0.39 is 0 Å². The molecule has 0 aromatic heterocycles. The molecular weight excluding hydrogens is 216 g/mol. The van der Waals surface area contributed by atoms with Crippen LogP contribution in [0.15, 0.2) is 24.0 Å². The smallest absolute Gasteiger partial charge is 0.100 e.